The average Bonchev–Trinajstić information content (AvgIpc) is 3.01. The molecule has 3 aromatic rings. The minimum atomic E-state index is -3.06. The molecule has 0 saturated carbocycles. The fraction of sp³-hybridized carbons (Fsp3) is 0.222. The first-order chi connectivity index (χ1) is 13.4. The summed E-state index contributed by atoms with van der Waals surface area (Å²) in [5.41, 5.74) is 0.843. The molecule has 0 aliphatic carbocycles. The van der Waals surface area contributed by atoms with E-state index in [1.54, 1.807) is 42.5 Å². The number of sulfone groups is 1. The number of benzene rings is 1. The van der Waals surface area contributed by atoms with Gasteiger partial charge in [-0.1, -0.05) is 17.7 Å². The van der Waals surface area contributed by atoms with Crippen molar-refractivity contribution in [3.8, 4) is 11.6 Å². The van der Waals surface area contributed by atoms with Crippen molar-refractivity contribution < 1.29 is 17.9 Å². The molecule has 0 spiro atoms. The van der Waals surface area contributed by atoms with Gasteiger partial charge >= 0.3 is 0 Å². The van der Waals surface area contributed by atoms with Crippen molar-refractivity contribution in [2.75, 3.05) is 11.5 Å². The highest BCUT2D eigenvalue weighted by atomic mass is 35.5. The SMILES string of the molecule is O=C(NC1CCS(=O)(=O)C1)c1ccc2cc(Oc3ccc(Cl)nn3)ccc2n1. The monoisotopic (exact) mass is 418 g/mol. The average molecular weight is 419 g/mol. The number of halogens is 1. The van der Waals surface area contributed by atoms with Crippen molar-refractivity contribution >= 4 is 38.2 Å². The summed E-state index contributed by atoms with van der Waals surface area (Å²) in [6.07, 6.45) is 0.427. The van der Waals surface area contributed by atoms with Crippen molar-refractivity contribution in [2.24, 2.45) is 0 Å². The molecule has 2 aromatic heterocycles. The molecule has 0 bridgehead atoms. The van der Waals surface area contributed by atoms with E-state index in [4.69, 9.17) is 16.3 Å². The molecule has 28 heavy (non-hydrogen) atoms. The second-order valence-electron chi connectivity index (χ2n) is 6.42. The number of aromatic nitrogens is 3. The normalized spacial score (nSPS) is 18.1. The number of nitrogens with one attached hydrogen (secondary N) is 1. The Hall–Kier alpha value is -2.78. The van der Waals surface area contributed by atoms with Crippen LogP contribution in [0.15, 0.2) is 42.5 Å². The van der Waals surface area contributed by atoms with Gasteiger partial charge in [-0.25, -0.2) is 13.4 Å². The van der Waals surface area contributed by atoms with E-state index in [0.717, 1.165) is 5.39 Å². The van der Waals surface area contributed by atoms with Crippen LogP contribution in [0.3, 0.4) is 0 Å². The predicted octanol–water partition coefficient (Wildman–Crippen LogP) is 2.39. The molecular weight excluding hydrogens is 404 g/mol. The van der Waals surface area contributed by atoms with Gasteiger partial charge in [-0.05, 0) is 36.8 Å². The fourth-order valence-electron chi connectivity index (χ4n) is 2.94. The molecule has 1 aliphatic heterocycles. The van der Waals surface area contributed by atoms with Crippen molar-refractivity contribution in [1.82, 2.24) is 20.5 Å². The molecule has 1 aromatic carbocycles. The fourth-order valence-corrected chi connectivity index (χ4v) is 4.71. The summed E-state index contributed by atoms with van der Waals surface area (Å²) in [7, 11) is -3.06. The van der Waals surface area contributed by atoms with Crippen LogP contribution in [-0.2, 0) is 9.84 Å². The van der Waals surface area contributed by atoms with Gasteiger partial charge in [0.25, 0.3) is 5.91 Å². The standard InChI is InChI=1S/C18H15ClN4O4S/c19-16-5-6-17(23-22-16)27-13-2-4-14-11(9-13)1-3-15(21-14)18(24)20-12-7-8-28(25,26)10-12/h1-6,9,12H,7-8,10H2,(H,20,24). The molecule has 8 nitrogen and oxygen atoms in total. The Kier molecular flexibility index (Phi) is 4.86. The number of pyridine rings is 1. The number of rotatable bonds is 4. The van der Waals surface area contributed by atoms with Crippen molar-refractivity contribution in [2.45, 2.75) is 12.5 Å². The van der Waals surface area contributed by atoms with E-state index in [0.29, 0.717) is 23.6 Å². The number of nitrogens with zero attached hydrogens (tertiary/aromatic N) is 3. The molecule has 1 amide bonds. The lowest BCUT2D eigenvalue weighted by molar-refractivity contribution is 0.0936. The maximum atomic E-state index is 12.4. The summed E-state index contributed by atoms with van der Waals surface area (Å²) < 4.78 is 28.7. The third-order valence-corrected chi connectivity index (χ3v) is 6.26. The molecule has 1 aliphatic rings. The Balaban J connectivity index is 1.50. The summed E-state index contributed by atoms with van der Waals surface area (Å²) in [5.74, 6) is 0.532. The quantitative estimate of drug-likeness (QED) is 0.692. The predicted molar refractivity (Wildman–Crippen MR) is 103 cm³/mol. The third kappa shape index (κ3) is 4.20. The van der Waals surface area contributed by atoms with Crippen molar-refractivity contribution in [3.63, 3.8) is 0 Å². The minimum Gasteiger partial charge on any atom is -0.437 e. The lowest BCUT2D eigenvalue weighted by Crippen LogP contribution is -2.36. The second-order valence-corrected chi connectivity index (χ2v) is 9.04. The first-order valence-electron chi connectivity index (χ1n) is 8.47. The lowest BCUT2D eigenvalue weighted by Gasteiger charge is -2.11. The Morgan fingerprint density at radius 2 is 2.00 bits per heavy atom. The van der Waals surface area contributed by atoms with Crippen LogP contribution in [-0.4, -0.2) is 47.1 Å². The molecular formula is C18H15ClN4O4S. The van der Waals surface area contributed by atoms with Crippen LogP contribution in [0.5, 0.6) is 11.6 Å². The maximum Gasteiger partial charge on any atom is 0.270 e. The van der Waals surface area contributed by atoms with E-state index >= 15 is 0 Å². The molecule has 1 saturated heterocycles. The van der Waals surface area contributed by atoms with E-state index in [2.05, 4.69) is 20.5 Å². The molecule has 0 radical (unpaired) electrons. The molecule has 10 heteroatoms. The Labute approximate surface area is 165 Å². The van der Waals surface area contributed by atoms with E-state index < -0.39 is 9.84 Å². The van der Waals surface area contributed by atoms with E-state index in [-0.39, 0.29) is 34.3 Å². The van der Waals surface area contributed by atoms with Gasteiger partial charge in [0.15, 0.2) is 15.0 Å². The van der Waals surface area contributed by atoms with E-state index in [9.17, 15) is 13.2 Å². The van der Waals surface area contributed by atoms with Crippen LogP contribution in [0.2, 0.25) is 5.15 Å². The molecule has 1 fully saturated rings. The number of hydrogen-bond donors (Lipinski definition) is 1. The number of carbonyl (C=O) groups is 1. The third-order valence-electron chi connectivity index (χ3n) is 4.29. The Morgan fingerprint density at radius 3 is 2.71 bits per heavy atom. The maximum absolute atomic E-state index is 12.4. The molecule has 4 rings (SSSR count). The first-order valence-corrected chi connectivity index (χ1v) is 10.7. The van der Waals surface area contributed by atoms with Crippen molar-refractivity contribution in [1.29, 1.82) is 0 Å². The van der Waals surface area contributed by atoms with E-state index in [1.807, 2.05) is 0 Å². The first kappa shape index (κ1) is 18.6. The minimum absolute atomic E-state index is 0.0272. The van der Waals surface area contributed by atoms with Crippen LogP contribution in [0.25, 0.3) is 10.9 Å². The number of amides is 1. The van der Waals surface area contributed by atoms with Crippen LogP contribution in [0.4, 0.5) is 0 Å². The van der Waals surface area contributed by atoms with E-state index in [1.165, 1.54) is 0 Å². The second kappa shape index (κ2) is 7.33. The highest BCUT2D eigenvalue weighted by Gasteiger charge is 2.29. The highest BCUT2D eigenvalue weighted by molar-refractivity contribution is 7.91. The summed E-state index contributed by atoms with van der Waals surface area (Å²) in [5, 5.41) is 11.3. The van der Waals surface area contributed by atoms with Gasteiger partial charge in [-0.3, -0.25) is 4.79 Å². The van der Waals surface area contributed by atoms with Crippen LogP contribution < -0.4 is 10.1 Å². The number of fused-ring (bicyclic) bond motifs is 1. The zero-order chi connectivity index (χ0) is 19.7. The van der Waals surface area contributed by atoms with Gasteiger partial charge in [-0.2, -0.15) is 0 Å². The molecule has 1 unspecified atom stereocenters. The zero-order valence-electron chi connectivity index (χ0n) is 14.5. The molecule has 144 valence electrons. The summed E-state index contributed by atoms with van der Waals surface area (Å²) in [4.78, 5) is 16.7. The molecule has 1 N–H and O–H groups in total. The van der Waals surface area contributed by atoms with Crippen LogP contribution in [0.1, 0.15) is 16.9 Å². The van der Waals surface area contributed by atoms with Crippen LogP contribution >= 0.6 is 11.6 Å². The number of hydrogen-bond acceptors (Lipinski definition) is 7. The zero-order valence-corrected chi connectivity index (χ0v) is 16.1. The largest absolute Gasteiger partial charge is 0.437 e. The summed E-state index contributed by atoms with van der Waals surface area (Å²) in [6.45, 7) is 0. The molecule has 1 atom stereocenters. The van der Waals surface area contributed by atoms with Gasteiger partial charge in [0, 0.05) is 17.5 Å². The van der Waals surface area contributed by atoms with Crippen molar-refractivity contribution in [3.05, 3.63) is 53.3 Å². The number of carbonyl (C=O) groups excluding carboxylic acids is 1. The van der Waals surface area contributed by atoms with Crippen LogP contribution in [0, 0.1) is 0 Å². The topological polar surface area (TPSA) is 111 Å². The van der Waals surface area contributed by atoms with Gasteiger partial charge in [0.2, 0.25) is 5.88 Å². The van der Waals surface area contributed by atoms with Gasteiger partial charge in [0.05, 0.1) is 17.0 Å². The van der Waals surface area contributed by atoms with Gasteiger partial charge in [-0.15, -0.1) is 10.2 Å². The summed E-state index contributed by atoms with van der Waals surface area (Å²) in [6, 6.07) is 11.4. The number of ether oxygens (including phenoxy) is 1. The smallest absolute Gasteiger partial charge is 0.270 e. The van der Waals surface area contributed by atoms with Gasteiger partial charge in [0.1, 0.15) is 11.4 Å². The Bertz CT molecular complexity index is 1150. The van der Waals surface area contributed by atoms with Gasteiger partial charge < -0.3 is 10.1 Å². The highest BCUT2D eigenvalue weighted by Crippen LogP contribution is 2.24. The lowest BCUT2D eigenvalue weighted by atomic mass is 10.2. The Morgan fingerprint density at radius 1 is 1.14 bits per heavy atom. The summed E-state index contributed by atoms with van der Waals surface area (Å²) >= 11 is 5.70. The molecule has 3 heterocycles.